The van der Waals surface area contributed by atoms with Crippen LogP contribution in [0, 0.1) is 0 Å². The third-order valence-corrected chi connectivity index (χ3v) is 4.22. The predicted molar refractivity (Wildman–Crippen MR) is 91.5 cm³/mol. The van der Waals surface area contributed by atoms with Crippen LogP contribution in [0.15, 0.2) is 24.3 Å². The maximum Gasteiger partial charge on any atom is 0.251 e. The molecule has 0 bridgehead atoms. The Morgan fingerprint density at radius 3 is 2.57 bits per heavy atom. The molecule has 1 aromatic carbocycles. The Morgan fingerprint density at radius 2 is 1.91 bits per heavy atom. The number of rotatable bonds is 4. The van der Waals surface area contributed by atoms with E-state index in [1.54, 1.807) is 0 Å². The number of amides is 1. The SMILES string of the molecule is Cl.O=C(N[C@H]1CCCNC1)c1ccc(OC2CCOCC2)cc1. The van der Waals surface area contributed by atoms with Crippen molar-refractivity contribution in [2.45, 2.75) is 37.8 Å². The number of benzene rings is 1. The van der Waals surface area contributed by atoms with Crippen molar-refractivity contribution in [1.82, 2.24) is 10.6 Å². The van der Waals surface area contributed by atoms with Crippen LogP contribution in [-0.4, -0.2) is 44.4 Å². The van der Waals surface area contributed by atoms with Crippen LogP contribution in [0.5, 0.6) is 5.75 Å². The number of halogens is 1. The van der Waals surface area contributed by atoms with Gasteiger partial charge in [-0.05, 0) is 43.7 Å². The molecule has 1 aromatic rings. The van der Waals surface area contributed by atoms with Gasteiger partial charge in [-0.2, -0.15) is 0 Å². The third kappa shape index (κ3) is 5.37. The molecule has 1 atom stereocenters. The monoisotopic (exact) mass is 340 g/mol. The molecule has 2 saturated heterocycles. The smallest absolute Gasteiger partial charge is 0.251 e. The summed E-state index contributed by atoms with van der Waals surface area (Å²) in [4.78, 5) is 12.2. The molecule has 2 heterocycles. The van der Waals surface area contributed by atoms with Gasteiger partial charge < -0.3 is 20.1 Å². The Morgan fingerprint density at radius 1 is 1.17 bits per heavy atom. The first-order chi connectivity index (χ1) is 10.8. The summed E-state index contributed by atoms with van der Waals surface area (Å²) < 4.78 is 11.2. The Balaban J connectivity index is 0.00000192. The molecule has 0 radical (unpaired) electrons. The van der Waals surface area contributed by atoms with E-state index in [9.17, 15) is 4.79 Å². The second-order valence-electron chi connectivity index (χ2n) is 5.97. The summed E-state index contributed by atoms with van der Waals surface area (Å²) in [6, 6.07) is 7.66. The summed E-state index contributed by atoms with van der Waals surface area (Å²) >= 11 is 0. The van der Waals surface area contributed by atoms with Gasteiger partial charge in [-0.3, -0.25) is 4.79 Å². The van der Waals surface area contributed by atoms with Crippen molar-refractivity contribution in [3.8, 4) is 5.75 Å². The van der Waals surface area contributed by atoms with Gasteiger partial charge in [0.05, 0.1) is 13.2 Å². The van der Waals surface area contributed by atoms with Crippen LogP contribution in [-0.2, 0) is 4.74 Å². The first-order valence-electron chi connectivity index (χ1n) is 8.17. The lowest BCUT2D eigenvalue weighted by atomic mass is 10.1. The van der Waals surface area contributed by atoms with E-state index in [1.165, 1.54) is 0 Å². The van der Waals surface area contributed by atoms with E-state index >= 15 is 0 Å². The lowest BCUT2D eigenvalue weighted by Crippen LogP contribution is -2.45. The van der Waals surface area contributed by atoms with E-state index in [-0.39, 0.29) is 30.5 Å². The zero-order valence-electron chi connectivity index (χ0n) is 13.3. The Labute approximate surface area is 143 Å². The topological polar surface area (TPSA) is 59.6 Å². The fourth-order valence-corrected chi connectivity index (χ4v) is 2.91. The number of nitrogens with one attached hydrogen (secondary N) is 2. The molecule has 2 aliphatic heterocycles. The van der Waals surface area contributed by atoms with Crippen LogP contribution in [0.25, 0.3) is 0 Å². The molecule has 128 valence electrons. The normalized spacial score (nSPS) is 22.0. The predicted octanol–water partition coefficient (Wildman–Crippen LogP) is 2.15. The van der Waals surface area contributed by atoms with Gasteiger partial charge in [0.25, 0.3) is 5.91 Å². The van der Waals surface area contributed by atoms with Gasteiger partial charge in [0.15, 0.2) is 0 Å². The highest BCUT2D eigenvalue weighted by Gasteiger charge is 2.17. The fraction of sp³-hybridized carbons (Fsp3) is 0.588. The summed E-state index contributed by atoms with van der Waals surface area (Å²) in [7, 11) is 0. The van der Waals surface area contributed by atoms with Crippen molar-refractivity contribution < 1.29 is 14.3 Å². The molecular formula is C17H25ClN2O3. The molecule has 1 amide bonds. The summed E-state index contributed by atoms with van der Waals surface area (Å²) in [6.45, 7) is 3.43. The van der Waals surface area contributed by atoms with Crippen molar-refractivity contribution in [1.29, 1.82) is 0 Å². The zero-order chi connectivity index (χ0) is 15.2. The van der Waals surface area contributed by atoms with E-state index in [0.717, 1.165) is 57.7 Å². The maximum atomic E-state index is 12.2. The van der Waals surface area contributed by atoms with Gasteiger partial charge in [0.2, 0.25) is 0 Å². The number of hydrogen-bond acceptors (Lipinski definition) is 4. The first kappa shape index (κ1) is 18.0. The number of hydrogen-bond donors (Lipinski definition) is 2. The maximum absolute atomic E-state index is 12.2. The van der Waals surface area contributed by atoms with Crippen LogP contribution in [0.2, 0.25) is 0 Å². The second-order valence-corrected chi connectivity index (χ2v) is 5.97. The molecule has 0 spiro atoms. The van der Waals surface area contributed by atoms with Crippen molar-refractivity contribution in [2.24, 2.45) is 0 Å². The number of ether oxygens (including phenoxy) is 2. The molecule has 5 nitrogen and oxygen atoms in total. The van der Waals surface area contributed by atoms with Gasteiger partial charge in [-0.25, -0.2) is 0 Å². The van der Waals surface area contributed by atoms with Gasteiger partial charge in [-0.1, -0.05) is 0 Å². The highest BCUT2D eigenvalue weighted by molar-refractivity contribution is 5.94. The van der Waals surface area contributed by atoms with E-state index in [1.807, 2.05) is 24.3 Å². The lowest BCUT2D eigenvalue weighted by molar-refractivity contribution is 0.0256. The highest BCUT2D eigenvalue weighted by Crippen LogP contribution is 2.18. The molecule has 23 heavy (non-hydrogen) atoms. The molecule has 2 fully saturated rings. The van der Waals surface area contributed by atoms with Crippen molar-refractivity contribution in [3.05, 3.63) is 29.8 Å². The molecule has 0 aromatic heterocycles. The minimum absolute atomic E-state index is 0. The molecular weight excluding hydrogens is 316 g/mol. The van der Waals surface area contributed by atoms with Crippen molar-refractivity contribution in [2.75, 3.05) is 26.3 Å². The summed E-state index contributed by atoms with van der Waals surface area (Å²) in [6.07, 6.45) is 4.24. The summed E-state index contributed by atoms with van der Waals surface area (Å²) in [5.41, 5.74) is 0.685. The minimum atomic E-state index is -0.00804. The van der Waals surface area contributed by atoms with Crippen LogP contribution < -0.4 is 15.4 Å². The lowest BCUT2D eigenvalue weighted by Gasteiger charge is -2.24. The Hall–Kier alpha value is -1.30. The number of piperidine rings is 1. The summed E-state index contributed by atoms with van der Waals surface area (Å²) in [5, 5.41) is 6.38. The first-order valence-corrected chi connectivity index (χ1v) is 8.17. The highest BCUT2D eigenvalue weighted by atomic mass is 35.5. The third-order valence-electron chi connectivity index (χ3n) is 4.22. The molecule has 0 aliphatic carbocycles. The van der Waals surface area contributed by atoms with Crippen LogP contribution in [0.1, 0.15) is 36.0 Å². The molecule has 2 aliphatic rings. The number of carbonyl (C=O) groups excluding carboxylic acids is 1. The second kappa shape index (κ2) is 9.11. The van der Waals surface area contributed by atoms with Gasteiger partial charge in [-0.15, -0.1) is 12.4 Å². The van der Waals surface area contributed by atoms with Crippen LogP contribution in [0.4, 0.5) is 0 Å². The van der Waals surface area contributed by atoms with E-state index in [2.05, 4.69) is 10.6 Å². The average Bonchev–Trinajstić information content (AvgIpc) is 2.57. The molecule has 0 unspecified atom stereocenters. The van der Waals surface area contributed by atoms with Crippen molar-refractivity contribution >= 4 is 18.3 Å². The Bertz CT molecular complexity index is 483. The number of carbonyl (C=O) groups is 1. The quantitative estimate of drug-likeness (QED) is 0.881. The van der Waals surface area contributed by atoms with Crippen LogP contribution in [0.3, 0.4) is 0 Å². The standard InChI is InChI=1S/C17H24N2O3.ClH/c20-17(19-14-2-1-9-18-12-14)13-3-5-15(6-4-13)22-16-7-10-21-11-8-16;/h3-6,14,16,18H,1-2,7-12H2,(H,19,20);1H/t14-;/m0./s1. The van der Waals surface area contributed by atoms with Gasteiger partial charge in [0.1, 0.15) is 11.9 Å². The zero-order valence-corrected chi connectivity index (χ0v) is 14.1. The molecule has 0 saturated carbocycles. The largest absolute Gasteiger partial charge is 0.490 e. The minimum Gasteiger partial charge on any atom is -0.490 e. The molecule has 3 rings (SSSR count). The molecule has 2 N–H and O–H groups in total. The Kier molecular flexibility index (Phi) is 7.15. The van der Waals surface area contributed by atoms with E-state index in [0.29, 0.717) is 5.56 Å². The average molecular weight is 341 g/mol. The fourth-order valence-electron chi connectivity index (χ4n) is 2.91. The van der Waals surface area contributed by atoms with Gasteiger partial charge in [0, 0.05) is 31.0 Å². The van der Waals surface area contributed by atoms with Gasteiger partial charge >= 0.3 is 0 Å². The van der Waals surface area contributed by atoms with Crippen molar-refractivity contribution in [3.63, 3.8) is 0 Å². The molecule has 6 heteroatoms. The van der Waals surface area contributed by atoms with Crippen LogP contribution >= 0.6 is 12.4 Å². The van der Waals surface area contributed by atoms with E-state index in [4.69, 9.17) is 9.47 Å². The van der Waals surface area contributed by atoms with E-state index < -0.39 is 0 Å². The summed E-state index contributed by atoms with van der Waals surface area (Å²) in [5.74, 6) is 0.814.